The summed E-state index contributed by atoms with van der Waals surface area (Å²) in [7, 11) is -3.61. The molecule has 0 amide bonds. The average molecular weight is 396 g/mol. The highest BCUT2D eigenvalue weighted by molar-refractivity contribution is 7.89. The molecule has 1 fully saturated rings. The van der Waals surface area contributed by atoms with E-state index in [0.29, 0.717) is 11.6 Å². The summed E-state index contributed by atoms with van der Waals surface area (Å²) in [4.78, 5) is 8.59. The smallest absolute Gasteiger partial charge is 0.316 e. The van der Waals surface area contributed by atoms with Crippen molar-refractivity contribution < 1.29 is 13.2 Å². The van der Waals surface area contributed by atoms with E-state index in [9.17, 15) is 8.42 Å². The van der Waals surface area contributed by atoms with Gasteiger partial charge >= 0.3 is 6.01 Å². The molecule has 0 aliphatic carbocycles. The number of halogens is 1. The molecule has 1 saturated heterocycles. The van der Waals surface area contributed by atoms with Gasteiger partial charge in [-0.05, 0) is 49.4 Å². The Morgan fingerprint density at radius 1 is 1.31 bits per heavy atom. The van der Waals surface area contributed by atoms with Crippen molar-refractivity contribution in [1.29, 1.82) is 0 Å². The van der Waals surface area contributed by atoms with Gasteiger partial charge in [0.15, 0.2) is 0 Å². The second-order valence-corrected chi connectivity index (χ2v) is 8.73. The van der Waals surface area contributed by atoms with Gasteiger partial charge in [0.1, 0.15) is 6.10 Å². The minimum Gasteiger partial charge on any atom is -0.459 e. The zero-order chi connectivity index (χ0) is 18.7. The fourth-order valence-corrected chi connectivity index (χ4v) is 4.62. The first-order chi connectivity index (χ1) is 12.4. The maximum atomic E-state index is 12.9. The van der Waals surface area contributed by atoms with E-state index in [1.165, 1.54) is 10.4 Å². The second kappa shape index (κ2) is 7.90. The molecule has 3 rings (SSSR count). The normalized spacial score (nSPS) is 18.7. The molecule has 1 aromatic carbocycles. The first kappa shape index (κ1) is 19.1. The summed E-state index contributed by atoms with van der Waals surface area (Å²) in [5, 5.41) is 0.445. The van der Waals surface area contributed by atoms with E-state index in [2.05, 4.69) is 9.97 Å². The molecule has 2 heterocycles. The van der Waals surface area contributed by atoms with E-state index in [4.69, 9.17) is 16.3 Å². The van der Waals surface area contributed by atoms with Crippen LogP contribution in [-0.2, 0) is 16.4 Å². The quantitative estimate of drug-likeness (QED) is 0.777. The molecule has 0 bridgehead atoms. The van der Waals surface area contributed by atoms with Crippen LogP contribution in [0.1, 0.15) is 30.9 Å². The van der Waals surface area contributed by atoms with Crippen LogP contribution in [0.4, 0.5) is 0 Å². The highest BCUT2D eigenvalue weighted by Gasteiger charge is 2.31. The van der Waals surface area contributed by atoms with Gasteiger partial charge in [0.25, 0.3) is 0 Å². The van der Waals surface area contributed by atoms with Gasteiger partial charge in [0.2, 0.25) is 10.0 Å². The van der Waals surface area contributed by atoms with Crippen LogP contribution in [0.25, 0.3) is 0 Å². The summed E-state index contributed by atoms with van der Waals surface area (Å²) in [6.45, 7) is 4.60. The third-order valence-electron chi connectivity index (χ3n) is 4.48. The van der Waals surface area contributed by atoms with Crippen LogP contribution >= 0.6 is 11.6 Å². The van der Waals surface area contributed by atoms with E-state index in [0.717, 1.165) is 30.4 Å². The fraction of sp³-hybridized carbons (Fsp3) is 0.444. The SMILES string of the molecule is CCc1cnc(OC2CCCN(S(=O)(=O)c3ccc(C)c(Cl)c3)C2)nc1. The van der Waals surface area contributed by atoms with Crippen molar-refractivity contribution in [3.05, 3.63) is 46.7 Å². The van der Waals surface area contributed by atoms with Crippen LogP contribution in [-0.4, -0.2) is 41.9 Å². The van der Waals surface area contributed by atoms with Gasteiger partial charge in [-0.25, -0.2) is 18.4 Å². The topological polar surface area (TPSA) is 72.4 Å². The number of hydrogen-bond acceptors (Lipinski definition) is 5. The lowest BCUT2D eigenvalue weighted by Crippen LogP contribution is -2.44. The number of sulfonamides is 1. The summed E-state index contributed by atoms with van der Waals surface area (Å²) in [5.41, 5.74) is 1.87. The predicted molar refractivity (Wildman–Crippen MR) is 100 cm³/mol. The molecule has 140 valence electrons. The molecule has 0 radical (unpaired) electrons. The standard InChI is InChI=1S/C18H22ClN3O3S/c1-3-14-10-20-18(21-11-14)25-15-5-4-8-22(12-15)26(23,24)16-7-6-13(2)17(19)9-16/h6-7,9-11,15H,3-5,8,12H2,1-2H3. The van der Waals surface area contributed by atoms with E-state index in [1.54, 1.807) is 24.5 Å². The lowest BCUT2D eigenvalue weighted by molar-refractivity contribution is 0.119. The van der Waals surface area contributed by atoms with Crippen molar-refractivity contribution in [2.45, 2.75) is 44.1 Å². The second-order valence-electron chi connectivity index (χ2n) is 6.38. The molecule has 0 saturated carbocycles. The van der Waals surface area contributed by atoms with Gasteiger partial charge in [-0.2, -0.15) is 4.31 Å². The van der Waals surface area contributed by atoms with Crippen LogP contribution < -0.4 is 4.74 Å². The minimum absolute atomic E-state index is 0.206. The number of aromatic nitrogens is 2. The summed E-state index contributed by atoms with van der Waals surface area (Å²) in [6.07, 6.45) is 5.53. The van der Waals surface area contributed by atoms with Crippen molar-refractivity contribution in [3.8, 4) is 6.01 Å². The molecule has 2 aromatic rings. The predicted octanol–water partition coefficient (Wildman–Crippen LogP) is 3.23. The Kier molecular flexibility index (Phi) is 5.79. The van der Waals surface area contributed by atoms with Crippen molar-refractivity contribution in [2.24, 2.45) is 0 Å². The van der Waals surface area contributed by atoms with Crippen LogP contribution in [0, 0.1) is 6.92 Å². The molecular formula is C18H22ClN3O3S. The maximum absolute atomic E-state index is 12.9. The Labute approximate surface area is 159 Å². The highest BCUT2D eigenvalue weighted by Crippen LogP contribution is 2.26. The van der Waals surface area contributed by atoms with Crippen LogP contribution in [0.5, 0.6) is 6.01 Å². The third-order valence-corrected chi connectivity index (χ3v) is 6.75. The van der Waals surface area contributed by atoms with Gasteiger partial charge < -0.3 is 4.74 Å². The number of nitrogens with zero attached hydrogens (tertiary/aromatic N) is 3. The van der Waals surface area contributed by atoms with Crippen LogP contribution in [0.3, 0.4) is 0 Å². The zero-order valence-electron chi connectivity index (χ0n) is 14.9. The number of aryl methyl sites for hydroxylation is 2. The first-order valence-corrected chi connectivity index (χ1v) is 10.5. The largest absolute Gasteiger partial charge is 0.459 e. The van der Waals surface area contributed by atoms with E-state index < -0.39 is 10.0 Å². The number of benzene rings is 1. The fourth-order valence-electron chi connectivity index (χ4n) is 2.84. The molecule has 1 aliphatic heterocycles. The van der Waals surface area contributed by atoms with Crippen molar-refractivity contribution in [2.75, 3.05) is 13.1 Å². The summed E-state index contributed by atoms with van der Waals surface area (Å²) < 4.78 is 33.1. The van der Waals surface area contributed by atoms with Crippen LogP contribution in [0.2, 0.25) is 5.02 Å². The van der Waals surface area contributed by atoms with Gasteiger partial charge in [-0.3, -0.25) is 0 Å². The Hall–Kier alpha value is -1.70. The Morgan fingerprint density at radius 2 is 2.04 bits per heavy atom. The lowest BCUT2D eigenvalue weighted by Gasteiger charge is -2.31. The molecule has 0 spiro atoms. The molecule has 1 unspecified atom stereocenters. The van der Waals surface area contributed by atoms with Gasteiger partial charge in [0, 0.05) is 24.0 Å². The Balaban J connectivity index is 1.73. The summed E-state index contributed by atoms with van der Waals surface area (Å²) in [5.74, 6) is 0. The number of rotatable bonds is 5. The molecule has 26 heavy (non-hydrogen) atoms. The maximum Gasteiger partial charge on any atom is 0.316 e. The monoisotopic (exact) mass is 395 g/mol. The molecule has 1 aromatic heterocycles. The van der Waals surface area contributed by atoms with Gasteiger partial charge in [0.05, 0.1) is 11.4 Å². The van der Waals surface area contributed by atoms with Gasteiger partial charge in [-0.1, -0.05) is 24.6 Å². The average Bonchev–Trinajstić information content (AvgIpc) is 2.65. The van der Waals surface area contributed by atoms with Crippen molar-refractivity contribution in [3.63, 3.8) is 0 Å². The Bertz CT molecular complexity index is 872. The number of hydrogen-bond donors (Lipinski definition) is 0. The molecule has 1 atom stereocenters. The molecular weight excluding hydrogens is 374 g/mol. The summed E-state index contributed by atoms with van der Waals surface area (Å²) >= 11 is 6.10. The van der Waals surface area contributed by atoms with Crippen molar-refractivity contribution >= 4 is 21.6 Å². The first-order valence-electron chi connectivity index (χ1n) is 8.64. The van der Waals surface area contributed by atoms with E-state index >= 15 is 0 Å². The van der Waals surface area contributed by atoms with E-state index in [1.807, 2.05) is 13.8 Å². The van der Waals surface area contributed by atoms with Crippen molar-refractivity contribution in [1.82, 2.24) is 14.3 Å². The minimum atomic E-state index is -3.61. The Morgan fingerprint density at radius 3 is 2.69 bits per heavy atom. The zero-order valence-corrected chi connectivity index (χ0v) is 16.4. The van der Waals surface area contributed by atoms with E-state index in [-0.39, 0.29) is 23.6 Å². The lowest BCUT2D eigenvalue weighted by atomic mass is 10.1. The molecule has 6 nitrogen and oxygen atoms in total. The molecule has 1 aliphatic rings. The third kappa shape index (κ3) is 4.16. The van der Waals surface area contributed by atoms with Crippen LogP contribution in [0.15, 0.2) is 35.5 Å². The summed E-state index contributed by atoms with van der Waals surface area (Å²) in [6, 6.07) is 5.09. The number of ether oxygens (including phenoxy) is 1. The number of piperidine rings is 1. The van der Waals surface area contributed by atoms with Gasteiger partial charge in [-0.15, -0.1) is 0 Å². The molecule has 8 heteroatoms. The molecule has 0 N–H and O–H groups in total. The highest BCUT2D eigenvalue weighted by atomic mass is 35.5.